The van der Waals surface area contributed by atoms with E-state index in [9.17, 15) is 4.79 Å². The van der Waals surface area contributed by atoms with Crippen LogP contribution in [0.5, 0.6) is 0 Å². The molecular weight excluding hydrogens is 164 g/mol. The van der Waals surface area contributed by atoms with E-state index in [2.05, 4.69) is 5.32 Å². The fourth-order valence-electron chi connectivity index (χ4n) is 0.976. The molecule has 0 atom stereocenters. The molecule has 0 heterocycles. The summed E-state index contributed by atoms with van der Waals surface area (Å²) in [4.78, 5) is 10.4. The van der Waals surface area contributed by atoms with Crippen molar-refractivity contribution in [3.8, 4) is 0 Å². The van der Waals surface area contributed by atoms with Crippen molar-refractivity contribution >= 4 is 17.7 Å². The first-order valence-corrected chi connectivity index (χ1v) is 3.97. The number of carbonyl (C=O) groups is 1. The van der Waals surface area contributed by atoms with Crippen LogP contribution in [0.15, 0.2) is 30.3 Å². The number of nitrogens with one attached hydrogen (secondary N) is 1. The zero-order valence-corrected chi connectivity index (χ0v) is 7.45. The summed E-state index contributed by atoms with van der Waals surface area (Å²) in [5, 5.41) is 3.00. The van der Waals surface area contributed by atoms with Gasteiger partial charge in [-0.15, -0.1) is 0 Å². The number of carbonyl (C=O) groups excluding carboxylic acids is 1. The molecule has 1 aromatic rings. The lowest BCUT2D eigenvalue weighted by Gasteiger charge is -1.99. The summed E-state index contributed by atoms with van der Waals surface area (Å²) in [6.07, 6.45) is 3.03. The first kappa shape index (κ1) is 9.32. The molecule has 0 bridgehead atoms. The van der Waals surface area contributed by atoms with Crippen LogP contribution in [0.3, 0.4) is 0 Å². The van der Waals surface area contributed by atoms with E-state index in [0.717, 1.165) is 11.3 Å². The van der Waals surface area contributed by atoms with Crippen molar-refractivity contribution in [2.24, 2.45) is 5.73 Å². The van der Waals surface area contributed by atoms with Crippen molar-refractivity contribution in [3.05, 3.63) is 35.9 Å². The summed E-state index contributed by atoms with van der Waals surface area (Å²) in [6, 6.07) is 7.69. The Morgan fingerprint density at radius 2 is 2.31 bits per heavy atom. The van der Waals surface area contributed by atoms with Gasteiger partial charge in [0.1, 0.15) is 0 Å². The second kappa shape index (κ2) is 4.30. The average molecular weight is 176 g/mol. The molecule has 0 radical (unpaired) electrons. The van der Waals surface area contributed by atoms with E-state index in [-0.39, 0.29) is 0 Å². The van der Waals surface area contributed by atoms with Crippen LogP contribution in [0.1, 0.15) is 5.56 Å². The Labute approximate surface area is 77.3 Å². The van der Waals surface area contributed by atoms with E-state index in [4.69, 9.17) is 5.73 Å². The molecule has 0 saturated carbocycles. The lowest BCUT2D eigenvalue weighted by Crippen LogP contribution is -2.05. The van der Waals surface area contributed by atoms with Gasteiger partial charge in [-0.25, -0.2) is 0 Å². The Morgan fingerprint density at radius 3 is 2.92 bits per heavy atom. The number of primary amides is 1. The van der Waals surface area contributed by atoms with Gasteiger partial charge in [-0.1, -0.05) is 12.1 Å². The Hall–Kier alpha value is -1.77. The maximum atomic E-state index is 10.4. The zero-order chi connectivity index (χ0) is 9.68. The zero-order valence-electron chi connectivity index (χ0n) is 7.45. The van der Waals surface area contributed by atoms with Crippen LogP contribution in [0.4, 0.5) is 5.69 Å². The molecule has 0 saturated heterocycles. The van der Waals surface area contributed by atoms with Crippen LogP contribution in [0.2, 0.25) is 0 Å². The van der Waals surface area contributed by atoms with Crippen molar-refractivity contribution < 1.29 is 4.79 Å². The van der Waals surface area contributed by atoms with E-state index in [0.29, 0.717) is 0 Å². The fourth-order valence-corrected chi connectivity index (χ4v) is 0.976. The molecule has 68 valence electrons. The van der Waals surface area contributed by atoms with Crippen molar-refractivity contribution in [1.82, 2.24) is 0 Å². The van der Waals surface area contributed by atoms with Gasteiger partial charge in [0.05, 0.1) is 0 Å². The Morgan fingerprint density at radius 1 is 1.54 bits per heavy atom. The number of rotatable bonds is 3. The largest absolute Gasteiger partial charge is 0.388 e. The number of amides is 1. The number of hydrogen-bond acceptors (Lipinski definition) is 2. The summed E-state index contributed by atoms with van der Waals surface area (Å²) in [5.74, 6) is -0.435. The van der Waals surface area contributed by atoms with E-state index < -0.39 is 5.91 Å². The van der Waals surface area contributed by atoms with Crippen LogP contribution in [0.25, 0.3) is 6.08 Å². The summed E-state index contributed by atoms with van der Waals surface area (Å²) >= 11 is 0. The quantitative estimate of drug-likeness (QED) is 0.680. The number of anilines is 1. The van der Waals surface area contributed by atoms with Crippen LogP contribution >= 0.6 is 0 Å². The number of benzene rings is 1. The maximum Gasteiger partial charge on any atom is 0.241 e. The second-order valence-electron chi connectivity index (χ2n) is 2.61. The Balaban J connectivity index is 2.83. The van der Waals surface area contributed by atoms with Gasteiger partial charge in [0, 0.05) is 18.8 Å². The summed E-state index contributed by atoms with van der Waals surface area (Å²) in [5.41, 5.74) is 6.93. The van der Waals surface area contributed by atoms with Gasteiger partial charge in [-0.05, 0) is 23.8 Å². The second-order valence-corrected chi connectivity index (χ2v) is 2.61. The van der Waals surface area contributed by atoms with E-state index >= 15 is 0 Å². The minimum absolute atomic E-state index is 0.435. The molecule has 1 rings (SSSR count). The van der Waals surface area contributed by atoms with Gasteiger partial charge in [-0.3, -0.25) is 4.79 Å². The predicted molar refractivity (Wildman–Crippen MR) is 54.2 cm³/mol. The molecule has 0 aromatic heterocycles. The first-order chi connectivity index (χ1) is 6.22. The van der Waals surface area contributed by atoms with Crippen molar-refractivity contribution in [2.75, 3.05) is 12.4 Å². The molecule has 3 heteroatoms. The van der Waals surface area contributed by atoms with Gasteiger partial charge < -0.3 is 11.1 Å². The summed E-state index contributed by atoms with van der Waals surface area (Å²) < 4.78 is 0. The van der Waals surface area contributed by atoms with Gasteiger partial charge in [0.15, 0.2) is 0 Å². The van der Waals surface area contributed by atoms with Crippen molar-refractivity contribution in [3.63, 3.8) is 0 Å². The maximum absolute atomic E-state index is 10.4. The minimum atomic E-state index is -0.435. The average Bonchev–Trinajstić information content (AvgIpc) is 2.15. The van der Waals surface area contributed by atoms with Crippen LogP contribution in [0, 0.1) is 0 Å². The predicted octanol–water partition coefficient (Wildman–Crippen LogP) is 1.23. The molecular formula is C10H12N2O. The third-order valence-corrected chi connectivity index (χ3v) is 1.62. The molecule has 13 heavy (non-hydrogen) atoms. The van der Waals surface area contributed by atoms with Crippen LogP contribution in [-0.2, 0) is 4.79 Å². The van der Waals surface area contributed by atoms with Gasteiger partial charge >= 0.3 is 0 Å². The molecule has 3 nitrogen and oxygen atoms in total. The normalized spacial score (nSPS) is 10.2. The van der Waals surface area contributed by atoms with Crippen molar-refractivity contribution in [2.45, 2.75) is 0 Å². The molecule has 0 unspecified atom stereocenters. The van der Waals surface area contributed by atoms with Crippen LogP contribution in [-0.4, -0.2) is 13.0 Å². The third-order valence-electron chi connectivity index (χ3n) is 1.62. The Kier molecular flexibility index (Phi) is 3.09. The molecule has 0 fully saturated rings. The molecule has 0 aliphatic carbocycles. The van der Waals surface area contributed by atoms with Crippen LogP contribution < -0.4 is 11.1 Å². The molecule has 1 aromatic carbocycles. The van der Waals surface area contributed by atoms with E-state index in [1.54, 1.807) is 6.08 Å². The fraction of sp³-hybridized carbons (Fsp3) is 0.100. The SMILES string of the molecule is CNc1cccc(C=CC(N)=O)c1. The molecule has 0 aliphatic rings. The van der Waals surface area contributed by atoms with Crippen molar-refractivity contribution in [1.29, 1.82) is 0 Å². The third kappa shape index (κ3) is 2.99. The topological polar surface area (TPSA) is 55.1 Å². The number of nitrogens with two attached hydrogens (primary N) is 1. The highest BCUT2D eigenvalue weighted by Gasteiger charge is 1.90. The highest BCUT2D eigenvalue weighted by atomic mass is 16.1. The number of hydrogen-bond donors (Lipinski definition) is 2. The van der Waals surface area contributed by atoms with Gasteiger partial charge in [0.2, 0.25) is 5.91 Å². The molecule has 0 spiro atoms. The lowest BCUT2D eigenvalue weighted by atomic mass is 10.2. The first-order valence-electron chi connectivity index (χ1n) is 3.97. The lowest BCUT2D eigenvalue weighted by molar-refractivity contribution is -0.113. The van der Waals surface area contributed by atoms with Gasteiger partial charge in [-0.2, -0.15) is 0 Å². The highest BCUT2D eigenvalue weighted by Crippen LogP contribution is 2.10. The van der Waals surface area contributed by atoms with E-state index in [1.165, 1.54) is 6.08 Å². The van der Waals surface area contributed by atoms with E-state index in [1.807, 2.05) is 31.3 Å². The summed E-state index contributed by atoms with van der Waals surface area (Å²) in [6.45, 7) is 0. The molecule has 0 aliphatic heterocycles. The molecule has 3 N–H and O–H groups in total. The Bertz CT molecular complexity index is 331. The monoisotopic (exact) mass is 176 g/mol. The standard InChI is InChI=1S/C10H12N2O/c1-12-9-4-2-3-8(7-9)5-6-10(11)13/h2-7,12H,1H3,(H2,11,13). The summed E-state index contributed by atoms with van der Waals surface area (Å²) in [7, 11) is 1.84. The smallest absolute Gasteiger partial charge is 0.241 e. The molecule has 1 amide bonds. The van der Waals surface area contributed by atoms with Gasteiger partial charge in [0.25, 0.3) is 0 Å². The highest BCUT2D eigenvalue weighted by molar-refractivity contribution is 5.90. The minimum Gasteiger partial charge on any atom is -0.388 e.